The topological polar surface area (TPSA) is 62.0 Å². The third kappa shape index (κ3) is 7.50. The summed E-state index contributed by atoms with van der Waals surface area (Å²) in [6.07, 6.45) is 6.81. The molecule has 6 rings (SSSR count). The number of aliphatic carboxylic acids is 1. The minimum atomic E-state index is -6.27. The molecular weight excluding hydrogens is 729 g/mol. The van der Waals surface area contributed by atoms with Crippen LogP contribution < -0.4 is 20.1 Å². The Kier molecular flexibility index (Phi) is 10.5. The largest absolute Gasteiger partial charge is 0.652 e. The van der Waals surface area contributed by atoms with E-state index in [1.807, 2.05) is 24.3 Å². The normalized spacial score (nSPS) is 21.5. The molecule has 1 unspecified atom stereocenters. The first-order valence-electron chi connectivity index (χ1n) is 17.0. The number of carbonyl (C=O) groups is 1. The monoisotopic (exact) mass is 766 g/mol. The van der Waals surface area contributed by atoms with Crippen molar-refractivity contribution in [2.75, 3.05) is 31.1 Å². The molecule has 4 aliphatic rings. The van der Waals surface area contributed by atoms with E-state index in [0.29, 0.717) is 17.2 Å². The van der Waals surface area contributed by atoms with Crippen LogP contribution in [0, 0.1) is 0 Å². The fourth-order valence-electron chi connectivity index (χ4n) is 7.20. The average molecular weight is 767 g/mol. The molecule has 4 heterocycles. The minimum absolute atomic E-state index is 0.115. The second-order valence-electron chi connectivity index (χ2n) is 13.2. The van der Waals surface area contributed by atoms with Gasteiger partial charge >= 0.3 is 24.8 Å². The Morgan fingerprint density at radius 3 is 2.30 bits per heavy atom. The molecule has 1 N–H and O–H groups in total. The summed E-state index contributed by atoms with van der Waals surface area (Å²) in [4.78, 5) is 13.0. The predicted octanol–water partition coefficient (Wildman–Crippen LogP) is 7.14. The van der Waals surface area contributed by atoms with Gasteiger partial charge in [-0.15, -0.1) is 0 Å². The van der Waals surface area contributed by atoms with Crippen LogP contribution in [0.2, 0.25) is 0 Å². The number of hydrogen-bond donors (Lipinski definition) is 1. The molecule has 14 heteroatoms. The van der Waals surface area contributed by atoms with Gasteiger partial charge in [-0.2, -0.15) is 13.2 Å². The zero-order chi connectivity index (χ0) is 35.7. The molecule has 0 aromatic heterocycles. The van der Waals surface area contributed by atoms with Gasteiger partial charge < -0.3 is 23.6 Å². The van der Waals surface area contributed by atoms with Gasteiger partial charge in [0, 0.05) is 49.2 Å². The van der Waals surface area contributed by atoms with Crippen LogP contribution in [0.3, 0.4) is 0 Å². The zero-order valence-corrected chi connectivity index (χ0v) is 29.0. The Balaban J connectivity index is 1.30. The van der Waals surface area contributed by atoms with Crippen molar-refractivity contribution < 1.29 is 45.5 Å². The SMILES string of the molecule is O=C(O)CCCCCN1CCCc2cc(/C=C/C3=C(Br)C(=C/C=c4cc5c6c(c4)CCC[N+]=6CCC5)/O[B-](F)(C(F)(F)C(F)(F)F)O3)ccc21. The number of alkyl halides is 5. The highest BCUT2D eigenvalue weighted by atomic mass is 79.9. The molecule has 0 saturated carbocycles. The molecule has 0 amide bonds. The summed E-state index contributed by atoms with van der Waals surface area (Å²) >= 11 is 3.21. The summed E-state index contributed by atoms with van der Waals surface area (Å²) in [5.41, 5.74) is 4.94. The molecule has 0 spiro atoms. The predicted molar refractivity (Wildman–Crippen MR) is 184 cm³/mol. The number of benzene rings is 2. The first-order chi connectivity index (χ1) is 23.8. The molecule has 2 aromatic rings. The number of halogens is 7. The maximum atomic E-state index is 15.8. The lowest BCUT2D eigenvalue weighted by Gasteiger charge is -2.45. The molecule has 0 fully saturated rings. The molecule has 2 aromatic carbocycles. The third-order valence-corrected chi connectivity index (χ3v) is 10.4. The second-order valence-corrected chi connectivity index (χ2v) is 14.0. The number of anilines is 1. The number of aryl methyl sites for hydroxylation is 3. The van der Waals surface area contributed by atoms with Gasteiger partial charge in [0.15, 0.2) is 0 Å². The van der Waals surface area contributed by atoms with Crippen LogP contribution >= 0.6 is 15.9 Å². The number of allylic oxidation sites excluding steroid dienone is 3. The molecule has 0 saturated heterocycles. The van der Waals surface area contributed by atoms with Crippen molar-refractivity contribution in [3.63, 3.8) is 0 Å². The van der Waals surface area contributed by atoms with E-state index in [2.05, 4.69) is 25.4 Å². The van der Waals surface area contributed by atoms with Gasteiger partial charge in [-0.25, -0.2) is 13.4 Å². The van der Waals surface area contributed by atoms with Crippen LogP contribution in [-0.4, -0.2) is 56.1 Å². The van der Waals surface area contributed by atoms with E-state index >= 15 is 4.32 Å². The van der Waals surface area contributed by atoms with Crippen molar-refractivity contribution in [3.8, 4) is 0 Å². The Bertz CT molecular complexity index is 1840. The van der Waals surface area contributed by atoms with Crippen LogP contribution in [0.15, 0.2) is 58.5 Å². The van der Waals surface area contributed by atoms with Crippen molar-refractivity contribution >= 4 is 46.6 Å². The molecule has 0 bridgehead atoms. The van der Waals surface area contributed by atoms with Gasteiger partial charge in [-0.05, 0) is 107 Å². The number of nitrogens with zero attached hydrogens (tertiary/aromatic N) is 2. The number of carboxylic acid groups (broad SMARTS) is 1. The lowest BCUT2D eigenvalue weighted by molar-refractivity contribution is -0.262. The molecule has 0 radical (unpaired) electrons. The highest BCUT2D eigenvalue weighted by Crippen LogP contribution is 2.49. The standard InChI is InChI=1S/C36H38BBrF6N2O4/c38-33-30(15-12-24-11-14-29-26(21-24)7-4-18-45(29)17-3-1-2-10-32(47)48)49-37(44,35(39,40)36(41,42)43)50-31(33)16-13-25-22-27-8-5-19-46-20-6-9-28(23-25)34(27)46/h11-16,21-23H,1-10,17-20H2,(H,47,48). The number of unbranched alkanes of at least 4 members (excludes halogenated alkanes) is 2. The van der Waals surface area contributed by atoms with Crippen molar-refractivity contribution in [1.82, 2.24) is 4.58 Å². The molecule has 1 atom stereocenters. The summed E-state index contributed by atoms with van der Waals surface area (Å²) in [6, 6.07) is 9.49. The van der Waals surface area contributed by atoms with E-state index in [1.54, 1.807) is 6.07 Å². The van der Waals surface area contributed by atoms with E-state index in [4.69, 9.17) is 14.4 Å². The maximum Gasteiger partial charge on any atom is 0.605 e. The van der Waals surface area contributed by atoms with E-state index < -0.39 is 36.3 Å². The van der Waals surface area contributed by atoms with Gasteiger partial charge in [0.2, 0.25) is 5.36 Å². The zero-order valence-electron chi connectivity index (χ0n) is 27.4. The molecule has 50 heavy (non-hydrogen) atoms. The molecule has 4 aliphatic heterocycles. The van der Waals surface area contributed by atoms with E-state index in [1.165, 1.54) is 23.6 Å². The number of fused-ring (bicyclic) bond motifs is 1. The van der Waals surface area contributed by atoms with Crippen molar-refractivity contribution in [3.05, 3.63) is 91.3 Å². The number of hydrogen-bond acceptors (Lipinski definition) is 4. The van der Waals surface area contributed by atoms with Crippen LogP contribution in [-0.2, 0) is 33.4 Å². The third-order valence-electron chi connectivity index (χ3n) is 9.65. The lowest BCUT2D eigenvalue weighted by Crippen LogP contribution is -2.63. The fourth-order valence-corrected chi connectivity index (χ4v) is 7.65. The fraction of sp³-hybridized carbons (Fsp3) is 0.444. The molecule has 268 valence electrons. The van der Waals surface area contributed by atoms with Crippen molar-refractivity contribution in [1.29, 1.82) is 0 Å². The maximum absolute atomic E-state index is 15.8. The first kappa shape index (κ1) is 36.1. The van der Waals surface area contributed by atoms with Gasteiger partial charge in [0.1, 0.15) is 13.1 Å². The van der Waals surface area contributed by atoms with Gasteiger partial charge in [0.25, 0.3) is 0 Å². The summed E-state index contributed by atoms with van der Waals surface area (Å²) in [6.45, 7) is -2.16. The van der Waals surface area contributed by atoms with E-state index in [-0.39, 0.29) is 10.9 Å². The number of carboxylic acids is 1. The minimum Gasteiger partial charge on any atom is -0.652 e. The van der Waals surface area contributed by atoms with Crippen molar-refractivity contribution in [2.24, 2.45) is 0 Å². The van der Waals surface area contributed by atoms with Crippen LogP contribution in [0.5, 0.6) is 0 Å². The van der Waals surface area contributed by atoms with E-state index in [9.17, 15) is 26.7 Å². The highest BCUT2D eigenvalue weighted by Gasteiger charge is 2.73. The van der Waals surface area contributed by atoms with Gasteiger partial charge in [-0.1, -0.05) is 24.6 Å². The molecular formula is C36H38BBrF6N2O4. The van der Waals surface area contributed by atoms with Crippen LogP contribution in [0.4, 0.5) is 32.0 Å². The van der Waals surface area contributed by atoms with Gasteiger partial charge in [0.05, 0.1) is 16.0 Å². The van der Waals surface area contributed by atoms with Crippen molar-refractivity contribution in [2.45, 2.75) is 76.2 Å². The summed E-state index contributed by atoms with van der Waals surface area (Å²) in [5.74, 6) is -7.88. The quantitative estimate of drug-likeness (QED) is 0.121. The summed E-state index contributed by atoms with van der Waals surface area (Å²) in [7, 11) is 0. The Hall–Kier alpha value is -3.68. The summed E-state index contributed by atoms with van der Waals surface area (Å²) < 4.78 is 97.4. The molecule has 6 nitrogen and oxygen atoms in total. The molecule has 0 aliphatic carbocycles. The Morgan fingerprint density at radius 1 is 0.920 bits per heavy atom. The first-order valence-corrected chi connectivity index (χ1v) is 17.8. The van der Waals surface area contributed by atoms with E-state index in [0.717, 1.165) is 106 Å². The Labute approximate surface area is 294 Å². The smallest absolute Gasteiger partial charge is 0.605 e. The highest BCUT2D eigenvalue weighted by molar-refractivity contribution is 9.12. The Morgan fingerprint density at radius 2 is 1.62 bits per heavy atom. The van der Waals surface area contributed by atoms with Crippen LogP contribution in [0.25, 0.3) is 12.2 Å². The lowest BCUT2D eigenvalue weighted by atomic mass is 9.71. The van der Waals surface area contributed by atoms with Crippen LogP contribution in [0.1, 0.15) is 67.2 Å². The number of rotatable bonds is 10. The second kappa shape index (κ2) is 14.5. The average Bonchev–Trinajstić information content (AvgIpc) is 3.07. The van der Waals surface area contributed by atoms with Gasteiger partial charge in [-0.3, -0.25) is 4.79 Å². The summed E-state index contributed by atoms with van der Waals surface area (Å²) in [5, 5.41) is 10.8.